The van der Waals surface area contributed by atoms with E-state index in [4.69, 9.17) is 0 Å². The van der Waals surface area contributed by atoms with Crippen molar-refractivity contribution in [2.75, 3.05) is 5.32 Å². The van der Waals surface area contributed by atoms with E-state index < -0.39 is 24.0 Å². The molecule has 0 spiro atoms. The smallest absolute Gasteiger partial charge is 0.357 e. The standard InChI is InChI=1S/C25H21N5O4/c1-15-16(2)29(13-17-8-4-3-5-9-17)23(20(15)12-26)27-21(31)14-30-24(32)19-11-7-6-10-18(19)22(28-30)25(33)34/h3-11H,13-14H2,1-2H3,(H,27,31)(H,33,34). The summed E-state index contributed by atoms with van der Waals surface area (Å²) in [5, 5.41) is 26.2. The van der Waals surface area contributed by atoms with Crippen LogP contribution in [-0.4, -0.2) is 31.3 Å². The number of nitrogens with one attached hydrogen (secondary N) is 1. The second kappa shape index (κ2) is 9.03. The number of aromatic carboxylic acids is 1. The summed E-state index contributed by atoms with van der Waals surface area (Å²) in [5.74, 6) is -1.59. The predicted molar refractivity (Wildman–Crippen MR) is 126 cm³/mol. The molecular formula is C25H21N5O4. The van der Waals surface area contributed by atoms with Crippen LogP contribution in [0.4, 0.5) is 5.82 Å². The molecule has 170 valence electrons. The Balaban J connectivity index is 1.71. The lowest BCUT2D eigenvalue weighted by Crippen LogP contribution is -2.32. The second-order valence-electron chi connectivity index (χ2n) is 7.83. The van der Waals surface area contributed by atoms with Gasteiger partial charge in [0.05, 0.1) is 10.9 Å². The van der Waals surface area contributed by atoms with Gasteiger partial charge in [-0.1, -0.05) is 48.5 Å². The predicted octanol–water partition coefficient (Wildman–Crippen LogP) is 3.07. The first-order chi connectivity index (χ1) is 16.3. The highest BCUT2D eigenvalue weighted by Crippen LogP contribution is 2.27. The molecule has 0 fully saturated rings. The molecule has 2 heterocycles. The summed E-state index contributed by atoms with van der Waals surface area (Å²) in [6.45, 7) is 3.59. The maximum atomic E-state index is 13.0. The number of aromatic nitrogens is 3. The molecule has 4 aromatic rings. The van der Waals surface area contributed by atoms with Gasteiger partial charge < -0.3 is 15.0 Å². The summed E-state index contributed by atoms with van der Waals surface area (Å²) in [6.07, 6.45) is 0. The van der Waals surface area contributed by atoms with Crippen molar-refractivity contribution in [3.8, 4) is 6.07 Å². The second-order valence-corrected chi connectivity index (χ2v) is 7.83. The van der Waals surface area contributed by atoms with Gasteiger partial charge in [-0.05, 0) is 31.0 Å². The Labute approximate surface area is 194 Å². The van der Waals surface area contributed by atoms with Crippen LogP contribution in [0, 0.1) is 25.2 Å². The van der Waals surface area contributed by atoms with Crippen LogP contribution in [0.2, 0.25) is 0 Å². The molecule has 0 bridgehead atoms. The maximum absolute atomic E-state index is 13.0. The van der Waals surface area contributed by atoms with Crippen LogP contribution in [-0.2, 0) is 17.9 Å². The molecule has 2 aromatic heterocycles. The third-order valence-corrected chi connectivity index (χ3v) is 5.75. The zero-order chi connectivity index (χ0) is 24.4. The average molecular weight is 455 g/mol. The van der Waals surface area contributed by atoms with Gasteiger partial charge in [-0.25, -0.2) is 9.48 Å². The van der Waals surface area contributed by atoms with Crippen molar-refractivity contribution in [1.82, 2.24) is 14.3 Å². The molecule has 0 atom stereocenters. The van der Waals surface area contributed by atoms with E-state index in [2.05, 4.69) is 16.5 Å². The number of hydrogen-bond donors (Lipinski definition) is 2. The van der Waals surface area contributed by atoms with Crippen LogP contribution < -0.4 is 10.9 Å². The quantitative estimate of drug-likeness (QED) is 0.460. The first-order valence-corrected chi connectivity index (χ1v) is 10.5. The summed E-state index contributed by atoms with van der Waals surface area (Å²) in [4.78, 5) is 37.5. The maximum Gasteiger partial charge on any atom is 0.357 e. The van der Waals surface area contributed by atoms with E-state index in [9.17, 15) is 24.8 Å². The van der Waals surface area contributed by atoms with Gasteiger partial charge in [0.2, 0.25) is 5.91 Å². The molecule has 0 radical (unpaired) electrons. The number of rotatable bonds is 6. The van der Waals surface area contributed by atoms with Crippen molar-refractivity contribution in [2.24, 2.45) is 0 Å². The van der Waals surface area contributed by atoms with Crippen LogP contribution in [0.1, 0.15) is 32.9 Å². The van der Waals surface area contributed by atoms with Crippen LogP contribution in [0.5, 0.6) is 0 Å². The van der Waals surface area contributed by atoms with Crippen molar-refractivity contribution < 1.29 is 14.7 Å². The molecule has 4 rings (SSSR count). The lowest BCUT2D eigenvalue weighted by Gasteiger charge is -2.14. The van der Waals surface area contributed by atoms with Crippen molar-refractivity contribution in [3.63, 3.8) is 0 Å². The molecule has 2 N–H and O–H groups in total. The number of hydrogen-bond acceptors (Lipinski definition) is 5. The van der Waals surface area contributed by atoms with Crippen LogP contribution in [0.3, 0.4) is 0 Å². The van der Waals surface area contributed by atoms with E-state index in [0.717, 1.165) is 21.5 Å². The van der Waals surface area contributed by atoms with Crippen LogP contribution in [0.15, 0.2) is 59.4 Å². The SMILES string of the molecule is Cc1c(C#N)c(NC(=O)Cn2nc(C(=O)O)c3ccccc3c2=O)n(Cc2ccccc2)c1C. The summed E-state index contributed by atoms with van der Waals surface area (Å²) in [5.41, 5.74) is 1.97. The molecule has 0 saturated carbocycles. The number of carboxylic acid groups (broad SMARTS) is 1. The number of carbonyl (C=O) groups excluding carboxylic acids is 1. The van der Waals surface area contributed by atoms with Gasteiger partial charge in [0.1, 0.15) is 18.4 Å². The minimum atomic E-state index is -1.31. The summed E-state index contributed by atoms with van der Waals surface area (Å²) >= 11 is 0. The fourth-order valence-corrected chi connectivity index (χ4v) is 3.90. The van der Waals surface area contributed by atoms with Crippen LogP contribution >= 0.6 is 0 Å². The molecule has 0 saturated heterocycles. The number of carboxylic acids is 1. The Morgan fingerprint density at radius 1 is 1.06 bits per heavy atom. The number of anilines is 1. The van der Waals surface area contributed by atoms with Gasteiger partial charge >= 0.3 is 5.97 Å². The van der Waals surface area contributed by atoms with Gasteiger partial charge in [-0.3, -0.25) is 9.59 Å². The average Bonchev–Trinajstić information content (AvgIpc) is 3.05. The number of nitrogens with zero attached hydrogens (tertiary/aromatic N) is 4. The van der Waals surface area contributed by atoms with Gasteiger partial charge in [0.15, 0.2) is 5.69 Å². The van der Waals surface area contributed by atoms with Gasteiger partial charge in [0, 0.05) is 17.6 Å². The molecule has 0 aliphatic rings. The highest BCUT2D eigenvalue weighted by Gasteiger charge is 2.21. The van der Waals surface area contributed by atoms with Gasteiger partial charge in [0.25, 0.3) is 5.56 Å². The largest absolute Gasteiger partial charge is 0.476 e. The lowest BCUT2D eigenvalue weighted by molar-refractivity contribution is -0.117. The fraction of sp³-hybridized carbons (Fsp3) is 0.160. The molecule has 0 aliphatic carbocycles. The zero-order valence-corrected chi connectivity index (χ0v) is 18.6. The monoisotopic (exact) mass is 455 g/mol. The first kappa shape index (κ1) is 22.5. The van der Waals surface area contributed by atoms with E-state index >= 15 is 0 Å². The zero-order valence-electron chi connectivity index (χ0n) is 18.6. The van der Waals surface area contributed by atoms with E-state index in [1.54, 1.807) is 19.1 Å². The Morgan fingerprint density at radius 2 is 1.71 bits per heavy atom. The molecule has 1 amide bonds. The van der Waals surface area contributed by atoms with E-state index in [1.165, 1.54) is 12.1 Å². The van der Waals surface area contributed by atoms with Crippen molar-refractivity contribution in [2.45, 2.75) is 26.9 Å². The number of amides is 1. The Morgan fingerprint density at radius 3 is 2.35 bits per heavy atom. The highest BCUT2D eigenvalue weighted by molar-refractivity contribution is 6.01. The van der Waals surface area contributed by atoms with E-state index in [-0.39, 0.29) is 16.5 Å². The number of nitriles is 1. The molecule has 9 heteroatoms. The first-order valence-electron chi connectivity index (χ1n) is 10.5. The summed E-state index contributed by atoms with van der Waals surface area (Å²) in [7, 11) is 0. The topological polar surface area (TPSA) is 130 Å². The minimum Gasteiger partial charge on any atom is -0.476 e. The van der Waals surface area contributed by atoms with Crippen LogP contribution in [0.25, 0.3) is 10.8 Å². The Bertz CT molecular complexity index is 1530. The lowest BCUT2D eigenvalue weighted by atomic mass is 10.1. The number of fused-ring (bicyclic) bond motifs is 1. The van der Waals surface area contributed by atoms with Gasteiger partial charge in [-0.15, -0.1) is 0 Å². The van der Waals surface area contributed by atoms with Gasteiger partial charge in [-0.2, -0.15) is 10.4 Å². The molecular weight excluding hydrogens is 434 g/mol. The molecule has 0 aliphatic heterocycles. The van der Waals surface area contributed by atoms with Crippen molar-refractivity contribution in [3.05, 3.63) is 93.0 Å². The fourth-order valence-electron chi connectivity index (χ4n) is 3.90. The third kappa shape index (κ3) is 4.04. The summed E-state index contributed by atoms with van der Waals surface area (Å²) in [6, 6.07) is 18.0. The molecule has 34 heavy (non-hydrogen) atoms. The third-order valence-electron chi connectivity index (χ3n) is 5.75. The minimum absolute atomic E-state index is 0.152. The normalized spacial score (nSPS) is 10.7. The molecule has 0 unspecified atom stereocenters. The van der Waals surface area contributed by atoms with E-state index in [1.807, 2.05) is 41.8 Å². The van der Waals surface area contributed by atoms with Crippen molar-refractivity contribution in [1.29, 1.82) is 5.26 Å². The Kier molecular flexibility index (Phi) is 5.97. The summed E-state index contributed by atoms with van der Waals surface area (Å²) < 4.78 is 2.66. The highest BCUT2D eigenvalue weighted by atomic mass is 16.4. The van der Waals surface area contributed by atoms with Crippen molar-refractivity contribution >= 4 is 28.5 Å². The van der Waals surface area contributed by atoms with E-state index in [0.29, 0.717) is 17.9 Å². The number of carbonyl (C=O) groups is 2. The number of benzene rings is 2. The molecule has 9 nitrogen and oxygen atoms in total. The Hall–Kier alpha value is -4.71. The molecule has 2 aromatic carbocycles.